The van der Waals surface area contributed by atoms with Crippen molar-refractivity contribution in [2.75, 3.05) is 16.4 Å². The molecule has 2 heterocycles. The van der Waals surface area contributed by atoms with E-state index in [1.807, 2.05) is 19.1 Å². The fraction of sp³-hybridized carbons (Fsp3) is 0.244. The predicted octanol–water partition coefficient (Wildman–Crippen LogP) is 18.4. The summed E-state index contributed by atoms with van der Waals surface area (Å²) in [7, 11) is 0. The Balaban J connectivity index is 0.000000181. The lowest BCUT2D eigenvalue weighted by molar-refractivity contribution is 0.0524. The summed E-state index contributed by atoms with van der Waals surface area (Å²) in [6.07, 6.45) is 5.31. The van der Waals surface area contributed by atoms with Gasteiger partial charge < -0.3 is 19.6 Å². The van der Waals surface area contributed by atoms with Gasteiger partial charge in [0.05, 0.1) is 35.9 Å². The van der Waals surface area contributed by atoms with Gasteiger partial charge >= 0.3 is 5.97 Å². The third-order valence-corrected chi connectivity index (χ3v) is 16.8. The minimum atomic E-state index is -0.381. The standard InChI is InChI=1S/C40H39FN2O2.C38H37FN2O/c1-4-45-40(44)37-36(30-18-20-32(41)21-19-30)35-17-11-16-31-24-33(22-23-34(31)39(35)42-38(37)27(2)3)43(25-28-12-7-5-8-13-28)26-29-14-9-6-10-15-29;1-26(2)37-35(25-42)36(29-16-18-31(39)19-17-29)34-15-9-14-30-22-32(20-21-33(30)38(34)40-37)41(23-27-10-5-3-6-11-27)24-28-12-7-4-8-13-28/h5-10,12-15,18-24,27H,4,11,16-17,25-26H2,1-3H3;3-8,10-13,16-22,26,42H,9,14-15,23-25H2,1-2H3. The second-order valence-corrected chi connectivity index (χ2v) is 23.5. The normalized spacial score (nSPS) is 12.4. The Morgan fingerprint density at radius 2 is 0.874 bits per heavy atom. The molecule has 0 saturated carbocycles. The van der Waals surface area contributed by atoms with Gasteiger partial charge in [-0.3, -0.25) is 9.97 Å². The molecule has 87 heavy (non-hydrogen) atoms. The number of aryl methyl sites for hydroxylation is 2. The van der Waals surface area contributed by atoms with E-state index < -0.39 is 0 Å². The van der Waals surface area contributed by atoms with Crippen molar-refractivity contribution in [3.8, 4) is 44.8 Å². The minimum Gasteiger partial charge on any atom is -0.462 e. The van der Waals surface area contributed by atoms with Crippen molar-refractivity contribution in [1.82, 2.24) is 9.97 Å². The van der Waals surface area contributed by atoms with Gasteiger partial charge in [0.2, 0.25) is 0 Å². The average Bonchev–Trinajstić information content (AvgIpc) is 1.92. The van der Waals surface area contributed by atoms with E-state index in [0.29, 0.717) is 11.3 Å². The Kier molecular flexibility index (Phi) is 18.9. The van der Waals surface area contributed by atoms with E-state index in [1.165, 1.54) is 63.3 Å². The van der Waals surface area contributed by atoms with E-state index in [9.17, 15) is 18.7 Å². The first-order valence-electron chi connectivity index (χ1n) is 30.8. The van der Waals surface area contributed by atoms with Crippen LogP contribution in [-0.2, 0) is 63.2 Å². The number of carbonyl (C=O) groups is 1. The Bertz CT molecular complexity index is 3890. The van der Waals surface area contributed by atoms with E-state index in [2.05, 4.69) is 195 Å². The molecular formula is C78H76F2N4O3. The highest BCUT2D eigenvalue weighted by Gasteiger charge is 2.31. The number of aliphatic hydroxyl groups is 1. The molecule has 0 atom stereocenters. The highest BCUT2D eigenvalue weighted by Crippen LogP contribution is 2.45. The first kappa shape index (κ1) is 59.7. The number of hydrogen-bond acceptors (Lipinski definition) is 7. The highest BCUT2D eigenvalue weighted by atomic mass is 19.1. The number of anilines is 2. The second kappa shape index (κ2) is 27.5. The first-order valence-corrected chi connectivity index (χ1v) is 30.8. The molecule has 12 rings (SSSR count). The summed E-state index contributed by atoms with van der Waals surface area (Å²) in [5.41, 5.74) is 22.8. The van der Waals surface area contributed by atoms with Gasteiger partial charge in [0, 0.05) is 65.5 Å². The number of esters is 1. The van der Waals surface area contributed by atoms with Crippen LogP contribution in [0.15, 0.2) is 206 Å². The van der Waals surface area contributed by atoms with Gasteiger partial charge in [-0.15, -0.1) is 0 Å². The number of rotatable bonds is 17. The van der Waals surface area contributed by atoms with Crippen LogP contribution in [0.25, 0.3) is 44.8 Å². The first-order chi connectivity index (χ1) is 42.4. The number of nitrogens with zero attached hydrogens (tertiary/aromatic N) is 4. The van der Waals surface area contributed by atoms with Gasteiger partial charge in [0.1, 0.15) is 11.6 Å². The molecule has 0 bridgehead atoms. The summed E-state index contributed by atoms with van der Waals surface area (Å²) in [6.45, 7) is 13.5. The molecule has 9 heteroatoms. The zero-order valence-electron chi connectivity index (χ0n) is 50.6. The summed E-state index contributed by atoms with van der Waals surface area (Å²) in [5.74, 6) is -0.842. The van der Waals surface area contributed by atoms with Crippen molar-refractivity contribution in [3.05, 3.63) is 285 Å². The Morgan fingerprint density at radius 3 is 1.25 bits per heavy atom. The van der Waals surface area contributed by atoms with E-state index >= 15 is 0 Å². The fourth-order valence-corrected chi connectivity index (χ4v) is 12.7. The van der Waals surface area contributed by atoms with Crippen LogP contribution in [0.5, 0.6) is 0 Å². The largest absolute Gasteiger partial charge is 0.462 e. The average molecular weight is 1160 g/mol. The van der Waals surface area contributed by atoms with Crippen molar-refractivity contribution in [2.24, 2.45) is 0 Å². The Hall–Kier alpha value is -9.05. The molecule has 8 aromatic carbocycles. The smallest absolute Gasteiger partial charge is 0.340 e. The molecule has 2 aliphatic rings. The maximum Gasteiger partial charge on any atom is 0.340 e. The molecule has 1 N–H and O–H groups in total. The maximum absolute atomic E-state index is 14.1. The molecule has 0 amide bonds. The Morgan fingerprint density at radius 1 is 0.494 bits per heavy atom. The van der Waals surface area contributed by atoms with E-state index in [1.54, 1.807) is 12.1 Å². The number of carbonyl (C=O) groups excluding carboxylic acids is 1. The zero-order chi connectivity index (χ0) is 60.4. The molecule has 7 nitrogen and oxygen atoms in total. The van der Waals surface area contributed by atoms with E-state index in [0.717, 1.165) is 138 Å². The lowest BCUT2D eigenvalue weighted by atomic mass is 9.87. The molecule has 10 aromatic rings. The van der Waals surface area contributed by atoms with Gasteiger partial charge in [-0.2, -0.15) is 0 Å². The van der Waals surface area contributed by atoms with E-state index in [-0.39, 0.29) is 42.7 Å². The number of fused-ring (bicyclic) bond motifs is 6. The SMILES string of the molecule is CC(C)c1nc2c(c(-c3ccc(F)cc3)c1CO)CCCc1cc(N(Cc3ccccc3)Cc3ccccc3)ccc1-2.CCOC(=O)c1c(C(C)C)nc2c(c1-c1ccc(F)cc1)CCCc1cc(N(Cc3ccccc3)Cc3ccccc3)ccc1-2. The molecule has 0 radical (unpaired) electrons. The number of benzene rings is 8. The third-order valence-electron chi connectivity index (χ3n) is 16.8. The van der Waals surface area contributed by atoms with Crippen molar-refractivity contribution >= 4 is 17.3 Å². The third kappa shape index (κ3) is 13.7. The van der Waals surface area contributed by atoms with Crippen LogP contribution in [0.3, 0.4) is 0 Å². The molecule has 440 valence electrons. The molecular weight excluding hydrogens is 1080 g/mol. The van der Waals surface area contributed by atoms with Gasteiger partial charge in [-0.05, 0) is 167 Å². The molecule has 2 aromatic heterocycles. The maximum atomic E-state index is 14.1. The quantitative estimate of drug-likeness (QED) is 0.0910. The van der Waals surface area contributed by atoms with Crippen LogP contribution in [0.4, 0.5) is 20.2 Å². The van der Waals surface area contributed by atoms with Crippen LogP contribution < -0.4 is 9.80 Å². The fourth-order valence-electron chi connectivity index (χ4n) is 12.7. The predicted molar refractivity (Wildman–Crippen MR) is 350 cm³/mol. The van der Waals surface area contributed by atoms with E-state index in [4.69, 9.17) is 14.7 Å². The lowest BCUT2D eigenvalue weighted by Gasteiger charge is -2.27. The number of ether oxygens (including phenoxy) is 1. The van der Waals surface area contributed by atoms with Gasteiger partial charge in [-0.1, -0.05) is 185 Å². The van der Waals surface area contributed by atoms with Crippen molar-refractivity contribution in [1.29, 1.82) is 0 Å². The van der Waals surface area contributed by atoms with Crippen LogP contribution in [-0.4, -0.2) is 27.7 Å². The number of halogens is 2. The van der Waals surface area contributed by atoms with Crippen LogP contribution in [0, 0.1) is 11.6 Å². The summed E-state index contributed by atoms with van der Waals surface area (Å²) in [5, 5.41) is 10.6. The molecule has 0 fully saturated rings. The number of pyridine rings is 2. The van der Waals surface area contributed by atoms with Gasteiger partial charge in [0.25, 0.3) is 0 Å². The van der Waals surface area contributed by atoms with Crippen molar-refractivity contribution in [2.45, 2.75) is 118 Å². The monoisotopic (exact) mass is 1150 g/mol. The molecule has 0 aliphatic heterocycles. The Labute approximate surface area is 512 Å². The second-order valence-electron chi connectivity index (χ2n) is 23.5. The number of hydrogen-bond donors (Lipinski definition) is 1. The van der Waals surface area contributed by atoms with Gasteiger partial charge in [0.15, 0.2) is 0 Å². The molecule has 2 aliphatic carbocycles. The molecule has 0 spiro atoms. The zero-order valence-corrected chi connectivity index (χ0v) is 50.6. The molecule has 0 saturated heterocycles. The summed E-state index contributed by atoms with van der Waals surface area (Å²) in [4.78, 5) is 28.9. The number of aromatic nitrogens is 2. The van der Waals surface area contributed by atoms with Crippen molar-refractivity contribution in [3.63, 3.8) is 0 Å². The summed E-state index contributed by atoms with van der Waals surface area (Å²) >= 11 is 0. The van der Waals surface area contributed by atoms with Crippen LogP contribution in [0.1, 0.15) is 131 Å². The summed E-state index contributed by atoms with van der Waals surface area (Å²) in [6, 6.07) is 69.1. The molecule has 0 unspecified atom stereocenters. The lowest BCUT2D eigenvalue weighted by Crippen LogP contribution is -2.22. The minimum absolute atomic E-state index is 0.0212. The highest BCUT2D eigenvalue weighted by molar-refractivity contribution is 6.01. The van der Waals surface area contributed by atoms with Gasteiger partial charge in [-0.25, -0.2) is 13.6 Å². The van der Waals surface area contributed by atoms with Crippen LogP contribution in [0.2, 0.25) is 0 Å². The number of aliphatic hydroxyl groups excluding tert-OH is 1. The summed E-state index contributed by atoms with van der Waals surface area (Å²) < 4.78 is 33.5. The van der Waals surface area contributed by atoms with Crippen molar-refractivity contribution < 1.29 is 23.4 Å². The van der Waals surface area contributed by atoms with Crippen LogP contribution >= 0.6 is 0 Å². The topological polar surface area (TPSA) is 78.8 Å².